The zero-order chi connectivity index (χ0) is 25.3. The molecule has 0 fully saturated rings. The molecule has 9 heteroatoms. The number of aryl methyl sites for hydroxylation is 1. The molecule has 35 heavy (non-hydrogen) atoms. The van der Waals surface area contributed by atoms with E-state index in [4.69, 9.17) is 6.42 Å². The Morgan fingerprint density at radius 1 is 1.00 bits per heavy atom. The van der Waals surface area contributed by atoms with Crippen LogP contribution >= 0.6 is 0 Å². The summed E-state index contributed by atoms with van der Waals surface area (Å²) in [5.74, 6) is 2.56. The van der Waals surface area contributed by atoms with Crippen LogP contribution < -0.4 is 9.80 Å². The molecule has 4 rings (SSSR count). The van der Waals surface area contributed by atoms with E-state index in [2.05, 4.69) is 20.9 Å². The molecule has 0 saturated heterocycles. The molecule has 0 atom stereocenters. The van der Waals surface area contributed by atoms with Gasteiger partial charge in [0, 0.05) is 43.0 Å². The van der Waals surface area contributed by atoms with Crippen LogP contribution in [0.25, 0.3) is 22.0 Å². The highest BCUT2D eigenvalue weighted by Gasteiger charge is 2.33. The molecule has 3 aromatic heterocycles. The van der Waals surface area contributed by atoms with Crippen molar-refractivity contribution in [1.29, 1.82) is 0 Å². The Kier molecular flexibility index (Phi) is 6.14. The van der Waals surface area contributed by atoms with Gasteiger partial charge in [0.25, 0.3) is 0 Å². The average molecular weight is 475 g/mol. The molecule has 1 amide bonds. The van der Waals surface area contributed by atoms with E-state index >= 15 is 0 Å². The molecule has 3 heterocycles. The van der Waals surface area contributed by atoms with Gasteiger partial charge in [0.1, 0.15) is 5.69 Å². The highest BCUT2D eigenvalue weighted by Crippen LogP contribution is 2.41. The number of hydrogen-bond acceptors (Lipinski definition) is 5. The summed E-state index contributed by atoms with van der Waals surface area (Å²) in [6.45, 7) is 1.43. The molecule has 0 aliphatic heterocycles. The lowest BCUT2D eigenvalue weighted by Crippen LogP contribution is -2.21. The fourth-order valence-corrected chi connectivity index (χ4v) is 3.80. The molecule has 0 aliphatic carbocycles. The van der Waals surface area contributed by atoms with E-state index in [0.717, 1.165) is 17.2 Å². The van der Waals surface area contributed by atoms with Gasteiger partial charge in [0.2, 0.25) is 6.41 Å². The predicted molar refractivity (Wildman–Crippen MR) is 129 cm³/mol. The topological polar surface area (TPSA) is 62.2 Å². The van der Waals surface area contributed by atoms with Gasteiger partial charge in [-0.1, -0.05) is 12.0 Å². The van der Waals surface area contributed by atoms with E-state index in [1.807, 2.05) is 18.2 Å². The number of carbonyl (C=O) groups is 1. The molecule has 0 radical (unpaired) electrons. The molecule has 176 valence electrons. The van der Waals surface area contributed by atoms with Crippen LogP contribution in [0.2, 0.25) is 0 Å². The Bertz CT molecular complexity index is 1470. The zero-order valence-corrected chi connectivity index (χ0v) is 19.1. The number of terminal acetylenes is 1. The number of benzene rings is 1. The first-order chi connectivity index (χ1) is 16.6. The molecule has 1 aromatic carbocycles. The van der Waals surface area contributed by atoms with Crippen LogP contribution in [0.5, 0.6) is 0 Å². The van der Waals surface area contributed by atoms with Crippen LogP contribution in [0.15, 0.2) is 55.0 Å². The number of fused-ring (bicyclic) bond motifs is 1. The lowest BCUT2D eigenvalue weighted by atomic mass is 10.0. The Balaban J connectivity index is 1.97. The third kappa shape index (κ3) is 4.51. The van der Waals surface area contributed by atoms with Gasteiger partial charge >= 0.3 is 6.18 Å². The van der Waals surface area contributed by atoms with Crippen LogP contribution in [0.3, 0.4) is 0 Å². The minimum atomic E-state index is -4.59. The lowest BCUT2D eigenvalue weighted by Gasteiger charge is -2.27. The fourth-order valence-electron chi connectivity index (χ4n) is 3.80. The summed E-state index contributed by atoms with van der Waals surface area (Å²) in [5, 5.41) is 0.617. The molecule has 0 bridgehead atoms. The number of nitrogens with zero attached hydrogens (tertiary/aromatic N) is 5. The summed E-state index contributed by atoms with van der Waals surface area (Å²) in [5.41, 5.74) is 3.08. The molecular formula is C26H20F3N5O. The van der Waals surface area contributed by atoms with Crippen molar-refractivity contribution in [2.24, 2.45) is 0 Å². The highest BCUT2D eigenvalue weighted by molar-refractivity contribution is 6.07. The van der Waals surface area contributed by atoms with E-state index in [9.17, 15) is 18.0 Å². The summed E-state index contributed by atoms with van der Waals surface area (Å²) in [6.07, 6.45) is 6.34. The molecule has 0 saturated carbocycles. The molecule has 0 spiro atoms. The normalized spacial score (nSPS) is 11.2. The van der Waals surface area contributed by atoms with Crippen LogP contribution in [-0.2, 0) is 11.0 Å². The maximum Gasteiger partial charge on any atom is 0.433 e. The summed E-state index contributed by atoms with van der Waals surface area (Å²) in [6, 6.07) is 9.44. The van der Waals surface area contributed by atoms with Gasteiger partial charge in [0.05, 0.1) is 34.5 Å². The quantitative estimate of drug-likeness (QED) is 0.287. The van der Waals surface area contributed by atoms with Gasteiger partial charge < -0.3 is 4.90 Å². The van der Waals surface area contributed by atoms with E-state index < -0.39 is 11.9 Å². The maximum absolute atomic E-state index is 13.2. The van der Waals surface area contributed by atoms with E-state index in [0.29, 0.717) is 34.3 Å². The summed E-state index contributed by atoms with van der Waals surface area (Å²) in [7, 11) is 3.58. The first-order valence-electron chi connectivity index (χ1n) is 10.5. The van der Waals surface area contributed by atoms with Crippen molar-refractivity contribution in [3.8, 4) is 23.5 Å². The molecule has 0 aliphatic rings. The predicted octanol–water partition coefficient (Wildman–Crippen LogP) is 5.36. The number of carbonyl (C=O) groups excluding carboxylic acids is 1. The monoisotopic (exact) mass is 475 g/mol. The number of aromatic nitrogens is 3. The number of anilines is 3. The van der Waals surface area contributed by atoms with E-state index in [1.54, 1.807) is 43.7 Å². The summed E-state index contributed by atoms with van der Waals surface area (Å²) in [4.78, 5) is 27.9. The number of pyridine rings is 3. The zero-order valence-electron chi connectivity index (χ0n) is 19.1. The van der Waals surface area contributed by atoms with Crippen molar-refractivity contribution >= 4 is 34.4 Å². The second-order valence-electron chi connectivity index (χ2n) is 8.00. The first kappa shape index (κ1) is 23.7. The number of halogens is 3. The van der Waals surface area contributed by atoms with Crippen LogP contribution in [0.1, 0.15) is 17.0 Å². The molecule has 0 N–H and O–H groups in total. The van der Waals surface area contributed by atoms with Gasteiger partial charge in [-0.3, -0.25) is 19.7 Å². The second kappa shape index (κ2) is 9.06. The van der Waals surface area contributed by atoms with Crippen molar-refractivity contribution in [2.75, 3.05) is 23.9 Å². The largest absolute Gasteiger partial charge is 0.433 e. The minimum absolute atomic E-state index is 0.0590. The Morgan fingerprint density at radius 2 is 1.77 bits per heavy atom. The van der Waals surface area contributed by atoms with Crippen molar-refractivity contribution in [1.82, 2.24) is 15.0 Å². The number of amides is 1. The van der Waals surface area contributed by atoms with Crippen LogP contribution in [0.4, 0.5) is 30.2 Å². The SMILES string of the molecule is C#Cc1cncc(-c2ccc3ncc(N(C)C)c(N(C=O)c4ccc(C(F)(F)F)nc4C)c3c2)c1. The van der Waals surface area contributed by atoms with Gasteiger partial charge in [-0.2, -0.15) is 13.2 Å². The number of rotatable bonds is 5. The van der Waals surface area contributed by atoms with Crippen LogP contribution in [-0.4, -0.2) is 35.5 Å². The van der Waals surface area contributed by atoms with E-state index in [-0.39, 0.29) is 11.4 Å². The Labute approximate surface area is 200 Å². The van der Waals surface area contributed by atoms with Crippen LogP contribution in [0, 0.1) is 19.3 Å². The average Bonchev–Trinajstić information content (AvgIpc) is 2.84. The molecule has 6 nitrogen and oxygen atoms in total. The van der Waals surface area contributed by atoms with Gasteiger partial charge in [0.15, 0.2) is 0 Å². The molecule has 0 unspecified atom stereocenters. The second-order valence-corrected chi connectivity index (χ2v) is 8.00. The van der Waals surface area contributed by atoms with Crippen molar-refractivity contribution in [3.63, 3.8) is 0 Å². The third-order valence-electron chi connectivity index (χ3n) is 5.49. The fraction of sp³-hybridized carbons (Fsp3) is 0.154. The van der Waals surface area contributed by atoms with Crippen molar-refractivity contribution < 1.29 is 18.0 Å². The molecule has 4 aromatic rings. The summed E-state index contributed by atoms with van der Waals surface area (Å²) < 4.78 is 39.5. The van der Waals surface area contributed by atoms with Gasteiger partial charge in [-0.05, 0) is 42.8 Å². The highest BCUT2D eigenvalue weighted by atomic mass is 19.4. The number of alkyl halides is 3. The molecular weight excluding hydrogens is 455 g/mol. The van der Waals surface area contributed by atoms with Crippen molar-refractivity contribution in [3.05, 3.63) is 71.9 Å². The maximum atomic E-state index is 13.2. The Morgan fingerprint density at radius 3 is 2.40 bits per heavy atom. The van der Waals surface area contributed by atoms with Crippen molar-refractivity contribution in [2.45, 2.75) is 13.1 Å². The smallest absolute Gasteiger partial charge is 0.375 e. The lowest BCUT2D eigenvalue weighted by molar-refractivity contribution is -0.141. The summed E-state index contributed by atoms with van der Waals surface area (Å²) >= 11 is 0. The first-order valence-corrected chi connectivity index (χ1v) is 10.5. The van der Waals surface area contributed by atoms with Gasteiger partial charge in [-0.25, -0.2) is 4.98 Å². The third-order valence-corrected chi connectivity index (χ3v) is 5.49. The number of hydrogen-bond donors (Lipinski definition) is 0. The standard InChI is InChI=1S/C26H20F3N5O/c1-5-17-10-19(13-30-12-17)18-6-7-21-20(11-18)25(23(14-31-21)33(3)4)34(15-35)22-8-9-24(26(27,28)29)32-16(22)2/h1,6-15H,2-4H3. The minimum Gasteiger partial charge on any atom is -0.375 e. The van der Waals surface area contributed by atoms with E-state index in [1.165, 1.54) is 17.9 Å². The van der Waals surface area contributed by atoms with Gasteiger partial charge in [-0.15, -0.1) is 6.42 Å². The Hall–Kier alpha value is -4.45.